The maximum absolute atomic E-state index is 13.4. The van der Waals surface area contributed by atoms with Crippen LogP contribution in [0.25, 0.3) is 11.0 Å². The van der Waals surface area contributed by atoms with Crippen molar-refractivity contribution in [2.75, 3.05) is 12.0 Å². The highest BCUT2D eigenvalue weighted by atomic mass is 32.2. The fraction of sp³-hybridized carbons (Fsp3) is 0.385. The predicted molar refractivity (Wildman–Crippen MR) is 68.7 cm³/mol. The number of furan rings is 1. The first kappa shape index (κ1) is 12.5. The molecule has 0 aliphatic heterocycles. The molecule has 1 aromatic heterocycles. The van der Waals surface area contributed by atoms with Gasteiger partial charge in [-0.1, -0.05) is 12.1 Å². The van der Waals surface area contributed by atoms with Crippen molar-refractivity contribution in [3.05, 3.63) is 35.8 Å². The van der Waals surface area contributed by atoms with Crippen LogP contribution in [0, 0.1) is 5.82 Å². The van der Waals surface area contributed by atoms with Crippen LogP contribution < -0.4 is 0 Å². The van der Waals surface area contributed by atoms with Gasteiger partial charge < -0.3 is 9.52 Å². The van der Waals surface area contributed by atoms with Gasteiger partial charge >= 0.3 is 0 Å². The van der Waals surface area contributed by atoms with Gasteiger partial charge in [0.2, 0.25) is 0 Å². The summed E-state index contributed by atoms with van der Waals surface area (Å²) in [6, 6.07) is 6.48. The molecule has 0 radical (unpaired) electrons. The minimum Gasteiger partial charge on any atom is -0.455 e. The lowest BCUT2D eigenvalue weighted by Crippen LogP contribution is -1.96. The molecule has 4 heteroatoms. The zero-order valence-corrected chi connectivity index (χ0v) is 10.5. The maximum Gasteiger partial charge on any atom is 0.170 e. The molecule has 1 unspecified atom stereocenters. The van der Waals surface area contributed by atoms with Gasteiger partial charge in [0.15, 0.2) is 11.4 Å². The summed E-state index contributed by atoms with van der Waals surface area (Å²) >= 11 is 1.74. The van der Waals surface area contributed by atoms with Crippen LogP contribution in [0.2, 0.25) is 0 Å². The van der Waals surface area contributed by atoms with Crippen LogP contribution in [-0.4, -0.2) is 17.1 Å². The maximum atomic E-state index is 13.4. The van der Waals surface area contributed by atoms with Gasteiger partial charge in [0.05, 0.1) is 0 Å². The average Bonchev–Trinajstić information content (AvgIpc) is 2.75. The van der Waals surface area contributed by atoms with Crippen LogP contribution in [-0.2, 0) is 0 Å². The zero-order valence-electron chi connectivity index (χ0n) is 9.65. The number of fused-ring (bicyclic) bond motifs is 1. The lowest BCUT2D eigenvalue weighted by Gasteiger charge is -2.05. The molecule has 0 saturated heterocycles. The average molecular weight is 254 g/mol. The third-order valence-electron chi connectivity index (χ3n) is 2.67. The molecular formula is C13H15FO2S. The molecular weight excluding hydrogens is 239 g/mol. The quantitative estimate of drug-likeness (QED) is 0.825. The van der Waals surface area contributed by atoms with Gasteiger partial charge in [-0.05, 0) is 37.0 Å². The van der Waals surface area contributed by atoms with Gasteiger partial charge in [0.1, 0.15) is 11.9 Å². The molecule has 1 heterocycles. The van der Waals surface area contributed by atoms with Crippen molar-refractivity contribution < 1.29 is 13.9 Å². The molecule has 92 valence electrons. The van der Waals surface area contributed by atoms with Crippen LogP contribution in [0.1, 0.15) is 24.7 Å². The van der Waals surface area contributed by atoms with E-state index < -0.39 is 6.10 Å². The Balaban J connectivity index is 2.16. The van der Waals surface area contributed by atoms with Crippen molar-refractivity contribution in [3.8, 4) is 0 Å². The number of aliphatic hydroxyl groups excluding tert-OH is 1. The number of hydrogen-bond acceptors (Lipinski definition) is 3. The Morgan fingerprint density at radius 1 is 1.47 bits per heavy atom. The minimum atomic E-state index is -0.644. The lowest BCUT2D eigenvalue weighted by molar-refractivity contribution is 0.141. The van der Waals surface area contributed by atoms with E-state index in [1.165, 1.54) is 6.07 Å². The molecule has 0 bridgehead atoms. The molecule has 1 N–H and O–H groups in total. The van der Waals surface area contributed by atoms with Crippen molar-refractivity contribution in [3.63, 3.8) is 0 Å². The number of aliphatic hydroxyl groups is 1. The van der Waals surface area contributed by atoms with Gasteiger partial charge in [-0.2, -0.15) is 11.8 Å². The number of hydrogen-bond donors (Lipinski definition) is 1. The Labute approximate surface area is 104 Å². The summed E-state index contributed by atoms with van der Waals surface area (Å²) in [5.74, 6) is 1.07. The predicted octanol–water partition coefficient (Wildman–Crippen LogP) is 3.75. The van der Waals surface area contributed by atoms with Crippen LogP contribution in [0.15, 0.2) is 28.7 Å². The van der Waals surface area contributed by atoms with E-state index >= 15 is 0 Å². The summed E-state index contributed by atoms with van der Waals surface area (Å²) in [5.41, 5.74) is 0.228. The third-order valence-corrected chi connectivity index (χ3v) is 3.37. The second-order valence-electron chi connectivity index (χ2n) is 3.96. The first-order valence-corrected chi connectivity index (χ1v) is 6.96. The Hall–Kier alpha value is -1.00. The van der Waals surface area contributed by atoms with Crippen molar-refractivity contribution in [2.24, 2.45) is 0 Å². The van der Waals surface area contributed by atoms with E-state index in [1.54, 1.807) is 30.0 Å². The van der Waals surface area contributed by atoms with Gasteiger partial charge in [-0.15, -0.1) is 0 Å². The van der Waals surface area contributed by atoms with E-state index in [4.69, 9.17) is 4.42 Å². The molecule has 0 amide bonds. The molecule has 2 nitrogen and oxygen atoms in total. The molecule has 17 heavy (non-hydrogen) atoms. The number of halogens is 1. The monoisotopic (exact) mass is 254 g/mol. The summed E-state index contributed by atoms with van der Waals surface area (Å²) < 4.78 is 18.8. The highest BCUT2D eigenvalue weighted by Gasteiger charge is 2.14. The summed E-state index contributed by atoms with van der Waals surface area (Å²) in [7, 11) is 0. The normalized spacial score (nSPS) is 13.1. The molecule has 0 aliphatic carbocycles. The van der Waals surface area contributed by atoms with Crippen LogP contribution >= 0.6 is 11.8 Å². The number of rotatable bonds is 5. The standard InChI is InChI=1S/C13H15FO2S/c1-17-7-3-6-11(15)12-8-9-4-2-5-10(14)13(9)16-12/h2,4-5,8,11,15H,3,6-7H2,1H3. The van der Waals surface area contributed by atoms with Gasteiger partial charge in [0.25, 0.3) is 0 Å². The van der Waals surface area contributed by atoms with E-state index in [0.29, 0.717) is 17.6 Å². The third kappa shape index (κ3) is 2.82. The van der Waals surface area contributed by atoms with Crippen LogP contribution in [0.5, 0.6) is 0 Å². The van der Waals surface area contributed by atoms with Crippen molar-refractivity contribution >= 4 is 22.7 Å². The Kier molecular flexibility index (Phi) is 4.07. The van der Waals surface area contributed by atoms with Gasteiger partial charge in [-0.3, -0.25) is 0 Å². The smallest absolute Gasteiger partial charge is 0.170 e. The SMILES string of the molecule is CSCCCC(O)c1cc2cccc(F)c2o1. The Bertz CT molecular complexity index is 495. The summed E-state index contributed by atoms with van der Waals surface area (Å²) in [6.07, 6.45) is 2.95. The highest BCUT2D eigenvalue weighted by Crippen LogP contribution is 2.28. The fourth-order valence-electron chi connectivity index (χ4n) is 1.77. The molecule has 0 saturated carbocycles. The summed E-state index contributed by atoms with van der Waals surface area (Å²) in [5, 5.41) is 10.6. The summed E-state index contributed by atoms with van der Waals surface area (Å²) in [6.45, 7) is 0. The van der Waals surface area contributed by atoms with E-state index in [9.17, 15) is 9.50 Å². The first-order chi connectivity index (χ1) is 8.22. The molecule has 2 aromatic rings. The van der Waals surface area contributed by atoms with Crippen LogP contribution in [0.3, 0.4) is 0 Å². The van der Waals surface area contributed by atoms with E-state index in [2.05, 4.69) is 0 Å². The largest absolute Gasteiger partial charge is 0.455 e. The second kappa shape index (κ2) is 5.56. The number of para-hydroxylation sites is 1. The van der Waals surface area contributed by atoms with E-state index in [0.717, 1.165) is 12.2 Å². The first-order valence-electron chi connectivity index (χ1n) is 5.57. The van der Waals surface area contributed by atoms with Gasteiger partial charge in [0, 0.05) is 5.39 Å². The highest BCUT2D eigenvalue weighted by molar-refractivity contribution is 7.98. The molecule has 1 atom stereocenters. The van der Waals surface area contributed by atoms with Crippen molar-refractivity contribution in [2.45, 2.75) is 18.9 Å². The van der Waals surface area contributed by atoms with Crippen LogP contribution in [0.4, 0.5) is 4.39 Å². The Morgan fingerprint density at radius 2 is 2.29 bits per heavy atom. The minimum absolute atomic E-state index is 0.228. The molecule has 0 spiro atoms. The zero-order chi connectivity index (χ0) is 12.3. The Morgan fingerprint density at radius 3 is 3.00 bits per heavy atom. The van der Waals surface area contributed by atoms with E-state index in [1.807, 2.05) is 6.26 Å². The topological polar surface area (TPSA) is 33.4 Å². The molecule has 0 fully saturated rings. The number of thioether (sulfide) groups is 1. The lowest BCUT2D eigenvalue weighted by atomic mass is 10.1. The van der Waals surface area contributed by atoms with Crippen molar-refractivity contribution in [1.29, 1.82) is 0 Å². The van der Waals surface area contributed by atoms with Gasteiger partial charge in [-0.25, -0.2) is 4.39 Å². The fourth-order valence-corrected chi connectivity index (χ4v) is 2.23. The number of benzene rings is 1. The summed E-state index contributed by atoms with van der Waals surface area (Å²) in [4.78, 5) is 0. The molecule has 2 rings (SSSR count). The van der Waals surface area contributed by atoms with E-state index in [-0.39, 0.29) is 11.4 Å². The molecule has 0 aliphatic rings. The van der Waals surface area contributed by atoms with Crippen molar-refractivity contribution in [1.82, 2.24) is 0 Å². The second-order valence-corrected chi connectivity index (χ2v) is 4.94. The molecule has 1 aromatic carbocycles.